The van der Waals surface area contributed by atoms with Crippen LogP contribution in [0, 0.1) is 6.92 Å². The largest absolute Gasteiger partial charge is 0.493 e. The summed E-state index contributed by atoms with van der Waals surface area (Å²) in [5, 5.41) is 13.1. The third-order valence-electron chi connectivity index (χ3n) is 6.90. The number of nitrogens with one attached hydrogen (secondary N) is 1. The number of aromatic carboxylic acids is 1. The molecule has 1 amide bonds. The maximum atomic E-state index is 14.0. The second-order valence-electron chi connectivity index (χ2n) is 9.51. The van der Waals surface area contributed by atoms with Gasteiger partial charge < -0.3 is 34.3 Å². The Morgan fingerprint density at radius 3 is 2.22 bits per heavy atom. The van der Waals surface area contributed by atoms with Crippen molar-refractivity contribution in [1.82, 2.24) is 4.90 Å². The predicted molar refractivity (Wildman–Crippen MR) is 153 cm³/mol. The molecule has 0 bridgehead atoms. The molecule has 41 heavy (non-hydrogen) atoms. The number of carboxylic acid groups (broad SMARTS) is 1. The van der Waals surface area contributed by atoms with Gasteiger partial charge in [0, 0.05) is 6.54 Å². The lowest BCUT2D eigenvalue weighted by Crippen LogP contribution is -2.42. The molecule has 2 N–H and O–H groups in total. The fraction of sp³-hybridized carbons (Fsp3) is 0.188. The van der Waals surface area contributed by atoms with E-state index in [9.17, 15) is 14.7 Å². The van der Waals surface area contributed by atoms with Crippen molar-refractivity contribution >= 4 is 17.6 Å². The summed E-state index contributed by atoms with van der Waals surface area (Å²) in [4.78, 5) is 27.5. The number of amides is 1. The van der Waals surface area contributed by atoms with Crippen molar-refractivity contribution in [2.75, 3.05) is 26.6 Å². The van der Waals surface area contributed by atoms with Crippen LogP contribution in [0.1, 0.15) is 43.6 Å². The maximum absolute atomic E-state index is 14.0. The SMILES string of the molecule is COc1cc2c(c(OC)c1OC)N[C@H](c1ccc(Oc3cc(C)ccc3C(=O)O)cc1)N(Cc1ccccc1)C2=O. The lowest BCUT2D eigenvalue weighted by atomic mass is 10.0. The zero-order valence-corrected chi connectivity index (χ0v) is 23.1. The Balaban J connectivity index is 1.54. The topological polar surface area (TPSA) is 107 Å². The number of hydrogen-bond donors (Lipinski definition) is 2. The number of benzene rings is 4. The second kappa shape index (κ2) is 11.5. The minimum Gasteiger partial charge on any atom is -0.493 e. The van der Waals surface area contributed by atoms with Crippen LogP contribution in [0.3, 0.4) is 0 Å². The zero-order valence-electron chi connectivity index (χ0n) is 23.1. The number of methoxy groups -OCH3 is 3. The number of rotatable bonds is 9. The summed E-state index contributed by atoms with van der Waals surface area (Å²) in [6.45, 7) is 2.21. The second-order valence-corrected chi connectivity index (χ2v) is 9.51. The van der Waals surface area contributed by atoms with E-state index in [0.717, 1.165) is 16.7 Å². The molecule has 1 aliphatic rings. The summed E-state index contributed by atoms with van der Waals surface area (Å²) >= 11 is 0. The summed E-state index contributed by atoms with van der Waals surface area (Å²) < 4.78 is 22.7. The molecule has 0 unspecified atom stereocenters. The Hall–Kier alpha value is -5.18. The summed E-state index contributed by atoms with van der Waals surface area (Å²) in [6, 6.07) is 23.5. The third kappa shape index (κ3) is 5.34. The molecule has 5 rings (SSSR count). The molecule has 1 heterocycles. The van der Waals surface area contributed by atoms with E-state index in [2.05, 4.69) is 5.32 Å². The molecule has 1 atom stereocenters. The van der Waals surface area contributed by atoms with Gasteiger partial charge in [0.25, 0.3) is 5.91 Å². The van der Waals surface area contributed by atoms with Gasteiger partial charge in [-0.05, 0) is 53.9 Å². The molecular formula is C32H30N2O7. The summed E-state index contributed by atoms with van der Waals surface area (Å²) in [6.07, 6.45) is -0.565. The molecular weight excluding hydrogens is 524 g/mol. The van der Waals surface area contributed by atoms with Crippen LogP contribution in [0.15, 0.2) is 78.9 Å². The van der Waals surface area contributed by atoms with E-state index in [1.807, 2.05) is 49.4 Å². The van der Waals surface area contributed by atoms with Gasteiger partial charge in [-0.2, -0.15) is 0 Å². The smallest absolute Gasteiger partial charge is 0.339 e. The standard InChI is InChI=1S/C32H30N2O7/c1-19-10-15-23(32(36)37)25(16-19)41-22-13-11-21(12-14-22)30-33-27-24(17-26(38-2)28(39-3)29(27)40-4)31(35)34(30)18-20-8-6-5-7-9-20/h5-17,30,33H,18H2,1-4H3,(H,36,37)/t30-/m0/s1. The predicted octanol–water partition coefficient (Wildman–Crippen LogP) is 6.28. The highest BCUT2D eigenvalue weighted by molar-refractivity contribution is 6.04. The van der Waals surface area contributed by atoms with Crippen LogP contribution in [0.4, 0.5) is 5.69 Å². The number of carboxylic acids is 1. The van der Waals surface area contributed by atoms with E-state index in [1.54, 1.807) is 35.2 Å². The van der Waals surface area contributed by atoms with Gasteiger partial charge in [-0.1, -0.05) is 48.5 Å². The molecule has 0 fully saturated rings. The van der Waals surface area contributed by atoms with E-state index in [4.69, 9.17) is 18.9 Å². The Labute approximate surface area is 237 Å². The molecule has 4 aromatic rings. The van der Waals surface area contributed by atoms with Crippen LogP contribution >= 0.6 is 0 Å². The Morgan fingerprint density at radius 1 is 0.878 bits per heavy atom. The minimum atomic E-state index is -1.07. The quantitative estimate of drug-likeness (QED) is 0.249. The number of anilines is 1. The fourth-order valence-electron chi connectivity index (χ4n) is 4.90. The van der Waals surface area contributed by atoms with E-state index in [-0.39, 0.29) is 17.2 Å². The number of ether oxygens (including phenoxy) is 4. The highest BCUT2D eigenvalue weighted by Crippen LogP contribution is 2.49. The summed E-state index contributed by atoms with van der Waals surface area (Å²) in [7, 11) is 4.53. The van der Waals surface area contributed by atoms with Gasteiger partial charge in [-0.3, -0.25) is 4.79 Å². The first kappa shape index (κ1) is 27.4. The van der Waals surface area contributed by atoms with Gasteiger partial charge in [-0.25, -0.2) is 4.79 Å². The van der Waals surface area contributed by atoms with Crippen LogP contribution in [0.2, 0.25) is 0 Å². The minimum absolute atomic E-state index is 0.0707. The van der Waals surface area contributed by atoms with Crippen molar-refractivity contribution < 1.29 is 33.6 Å². The average Bonchev–Trinajstić information content (AvgIpc) is 2.98. The molecule has 0 saturated heterocycles. The van der Waals surface area contributed by atoms with Crippen LogP contribution in [0.25, 0.3) is 0 Å². The van der Waals surface area contributed by atoms with Crippen molar-refractivity contribution in [3.63, 3.8) is 0 Å². The fourth-order valence-corrected chi connectivity index (χ4v) is 4.90. The highest BCUT2D eigenvalue weighted by Gasteiger charge is 2.37. The number of fused-ring (bicyclic) bond motifs is 1. The van der Waals surface area contributed by atoms with Crippen molar-refractivity contribution in [1.29, 1.82) is 0 Å². The maximum Gasteiger partial charge on any atom is 0.339 e. The van der Waals surface area contributed by atoms with E-state index in [0.29, 0.717) is 40.8 Å². The van der Waals surface area contributed by atoms with Crippen molar-refractivity contribution in [2.24, 2.45) is 0 Å². The van der Waals surface area contributed by atoms with Crippen LogP contribution < -0.4 is 24.3 Å². The number of carbonyl (C=O) groups is 2. The molecule has 0 aromatic heterocycles. The molecule has 0 aliphatic carbocycles. The molecule has 4 aromatic carbocycles. The van der Waals surface area contributed by atoms with Crippen LogP contribution in [0.5, 0.6) is 28.7 Å². The molecule has 1 aliphatic heterocycles. The lowest BCUT2D eigenvalue weighted by Gasteiger charge is -2.39. The normalized spacial score (nSPS) is 14.1. The van der Waals surface area contributed by atoms with E-state index >= 15 is 0 Å². The number of aryl methyl sites for hydroxylation is 1. The molecule has 9 heteroatoms. The monoisotopic (exact) mass is 554 g/mol. The number of nitrogens with zero attached hydrogens (tertiary/aromatic N) is 1. The molecule has 210 valence electrons. The van der Waals surface area contributed by atoms with Gasteiger partial charge in [0.2, 0.25) is 5.75 Å². The van der Waals surface area contributed by atoms with Crippen LogP contribution in [-0.4, -0.2) is 43.2 Å². The Morgan fingerprint density at radius 2 is 1.59 bits per heavy atom. The van der Waals surface area contributed by atoms with Gasteiger partial charge in [0.1, 0.15) is 23.2 Å². The number of hydrogen-bond acceptors (Lipinski definition) is 7. The van der Waals surface area contributed by atoms with Crippen molar-refractivity contribution in [3.05, 3.63) is 107 Å². The number of carbonyl (C=O) groups excluding carboxylic acids is 1. The highest BCUT2D eigenvalue weighted by atomic mass is 16.5. The lowest BCUT2D eigenvalue weighted by molar-refractivity contribution is 0.0662. The first-order valence-electron chi connectivity index (χ1n) is 12.9. The molecule has 9 nitrogen and oxygen atoms in total. The van der Waals surface area contributed by atoms with Gasteiger partial charge in [-0.15, -0.1) is 0 Å². The van der Waals surface area contributed by atoms with E-state index in [1.165, 1.54) is 27.4 Å². The Kier molecular flexibility index (Phi) is 7.69. The summed E-state index contributed by atoms with van der Waals surface area (Å²) in [5.41, 5.74) is 3.59. The molecule has 0 saturated carbocycles. The Bertz CT molecular complexity index is 1590. The zero-order chi connectivity index (χ0) is 29.1. The van der Waals surface area contributed by atoms with Crippen LogP contribution in [-0.2, 0) is 6.54 Å². The third-order valence-corrected chi connectivity index (χ3v) is 6.90. The van der Waals surface area contributed by atoms with Gasteiger partial charge in [0.05, 0.1) is 32.6 Å². The van der Waals surface area contributed by atoms with Gasteiger partial charge >= 0.3 is 5.97 Å². The molecule has 0 radical (unpaired) electrons. The summed E-state index contributed by atoms with van der Waals surface area (Å²) in [5.74, 6) is 0.552. The van der Waals surface area contributed by atoms with Gasteiger partial charge in [0.15, 0.2) is 11.5 Å². The van der Waals surface area contributed by atoms with Crippen molar-refractivity contribution in [2.45, 2.75) is 19.6 Å². The average molecular weight is 555 g/mol. The molecule has 0 spiro atoms. The first-order valence-corrected chi connectivity index (χ1v) is 12.9. The van der Waals surface area contributed by atoms with Crippen molar-refractivity contribution in [3.8, 4) is 28.7 Å². The van der Waals surface area contributed by atoms with E-state index < -0.39 is 12.1 Å². The first-order chi connectivity index (χ1) is 19.8.